The van der Waals surface area contributed by atoms with Crippen molar-refractivity contribution < 1.29 is 18.1 Å². The number of para-hydroxylation sites is 1. The minimum absolute atomic E-state index is 0.219. The van der Waals surface area contributed by atoms with Gasteiger partial charge in [0, 0.05) is 35.6 Å². The van der Waals surface area contributed by atoms with Crippen molar-refractivity contribution in [3.8, 4) is 0 Å². The third-order valence-electron chi connectivity index (χ3n) is 4.52. The van der Waals surface area contributed by atoms with Gasteiger partial charge in [0.1, 0.15) is 0 Å². The van der Waals surface area contributed by atoms with Crippen LogP contribution in [0.5, 0.6) is 0 Å². The maximum atomic E-state index is 12.6. The predicted molar refractivity (Wildman–Crippen MR) is 114 cm³/mol. The van der Waals surface area contributed by atoms with Crippen LogP contribution in [0.3, 0.4) is 0 Å². The molecule has 154 valence electrons. The van der Waals surface area contributed by atoms with E-state index in [1.54, 1.807) is 19.2 Å². The van der Waals surface area contributed by atoms with Crippen LogP contribution in [-0.2, 0) is 10.0 Å². The van der Waals surface area contributed by atoms with E-state index in [4.69, 9.17) is 0 Å². The molecule has 0 unspecified atom stereocenters. The highest BCUT2D eigenvalue weighted by atomic mass is 32.2. The average Bonchev–Trinajstić information content (AvgIpc) is 2.73. The van der Waals surface area contributed by atoms with E-state index in [9.17, 15) is 23.3 Å². The molecule has 0 saturated heterocycles. The van der Waals surface area contributed by atoms with Gasteiger partial charge in [0.05, 0.1) is 9.82 Å². The lowest BCUT2D eigenvalue weighted by Crippen LogP contribution is -2.26. The molecule has 0 bridgehead atoms. The lowest BCUT2D eigenvalue weighted by molar-refractivity contribution is -0.385. The first-order valence-corrected chi connectivity index (χ1v) is 10.4. The summed E-state index contributed by atoms with van der Waals surface area (Å²) < 4.78 is 27.6. The van der Waals surface area contributed by atoms with E-state index in [0.717, 1.165) is 11.8 Å². The standard InChI is InChI=1S/C21H19N3O5S/c1-15-8-13-19(14-20(15)24(26)27)30(28,29)22-17-11-9-16(10-12-17)21(25)23(2)18-6-4-3-5-7-18/h3-14,22H,1-2H3. The van der Waals surface area contributed by atoms with E-state index in [1.807, 2.05) is 18.2 Å². The smallest absolute Gasteiger partial charge is 0.273 e. The van der Waals surface area contributed by atoms with Crippen LogP contribution in [0.25, 0.3) is 0 Å². The van der Waals surface area contributed by atoms with E-state index in [1.165, 1.54) is 48.2 Å². The van der Waals surface area contributed by atoms with E-state index in [0.29, 0.717) is 11.1 Å². The van der Waals surface area contributed by atoms with E-state index in [-0.39, 0.29) is 22.2 Å². The van der Waals surface area contributed by atoms with Gasteiger partial charge < -0.3 is 4.90 Å². The number of hydrogen-bond acceptors (Lipinski definition) is 5. The maximum Gasteiger partial charge on any atom is 0.273 e. The summed E-state index contributed by atoms with van der Waals surface area (Å²) in [7, 11) is -2.38. The zero-order chi connectivity index (χ0) is 21.9. The van der Waals surface area contributed by atoms with Gasteiger partial charge in [-0.1, -0.05) is 24.3 Å². The van der Waals surface area contributed by atoms with Gasteiger partial charge in [0.2, 0.25) is 0 Å². The van der Waals surface area contributed by atoms with Crippen LogP contribution in [0.4, 0.5) is 17.1 Å². The summed E-state index contributed by atoms with van der Waals surface area (Å²) in [6.45, 7) is 1.53. The molecule has 8 nitrogen and oxygen atoms in total. The number of aryl methyl sites for hydroxylation is 1. The highest BCUT2D eigenvalue weighted by molar-refractivity contribution is 7.92. The third-order valence-corrected chi connectivity index (χ3v) is 5.90. The van der Waals surface area contributed by atoms with Gasteiger partial charge in [-0.3, -0.25) is 19.6 Å². The van der Waals surface area contributed by atoms with Crippen molar-refractivity contribution in [3.05, 3.63) is 94.0 Å². The number of amides is 1. The van der Waals surface area contributed by atoms with Gasteiger partial charge in [0.25, 0.3) is 21.6 Å². The quantitative estimate of drug-likeness (QED) is 0.474. The van der Waals surface area contributed by atoms with Gasteiger partial charge in [0.15, 0.2) is 0 Å². The average molecular weight is 425 g/mol. The molecule has 0 radical (unpaired) electrons. The second-order valence-electron chi connectivity index (χ2n) is 6.59. The number of benzene rings is 3. The summed E-state index contributed by atoms with van der Waals surface area (Å²) in [5.41, 5.74) is 1.44. The summed E-state index contributed by atoms with van der Waals surface area (Å²) in [6, 6.07) is 18.8. The molecule has 0 fully saturated rings. The molecule has 0 aliphatic heterocycles. The number of nitro benzene ring substituents is 1. The predicted octanol–water partition coefficient (Wildman–Crippen LogP) is 3.98. The van der Waals surface area contributed by atoms with Gasteiger partial charge in [-0.05, 0) is 49.4 Å². The molecule has 1 amide bonds. The first-order chi connectivity index (χ1) is 14.2. The zero-order valence-corrected chi connectivity index (χ0v) is 17.1. The van der Waals surface area contributed by atoms with Gasteiger partial charge >= 0.3 is 0 Å². The van der Waals surface area contributed by atoms with Crippen LogP contribution in [0.2, 0.25) is 0 Å². The van der Waals surface area contributed by atoms with Gasteiger partial charge in [-0.2, -0.15) is 0 Å². The Morgan fingerprint density at radius 1 is 1.00 bits per heavy atom. The van der Waals surface area contributed by atoms with Gasteiger partial charge in [-0.25, -0.2) is 8.42 Å². The third kappa shape index (κ3) is 4.47. The van der Waals surface area contributed by atoms with Crippen LogP contribution in [0.15, 0.2) is 77.7 Å². The van der Waals surface area contributed by atoms with Crippen LogP contribution in [-0.4, -0.2) is 26.3 Å². The van der Waals surface area contributed by atoms with Crippen molar-refractivity contribution >= 4 is 33.0 Å². The number of hydrogen-bond donors (Lipinski definition) is 1. The Hall–Kier alpha value is -3.72. The largest absolute Gasteiger partial charge is 0.311 e. The molecule has 0 aromatic heterocycles. The Bertz CT molecular complexity index is 1190. The summed E-state index contributed by atoms with van der Waals surface area (Å²) in [6.07, 6.45) is 0. The van der Waals surface area contributed by atoms with E-state index in [2.05, 4.69) is 4.72 Å². The molecule has 3 aromatic rings. The Balaban J connectivity index is 1.79. The van der Waals surface area contributed by atoms with Gasteiger partial charge in [-0.15, -0.1) is 0 Å². The molecule has 3 aromatic carbocycles. The zero-order valence-electron chi connectivity index (χ0n) is 16.3. The van der Waals surface area contributed by atoms with Crippen molar-refractivity contribution in [1.29, 1.82) is 0 Å². The summed E-state index contributed by atoms with van der Waals surface area (Å²) in [5.74, 6) is -0.246. The number of nitrogens with zero attached hydrogens (tertiary/aromatic N) is 2. The van der Waals surface area contributed by atoms with Crippen molar-refractivity contribution in [2.24, 2.45) is 0 Å². The maximum absolute atomic E-state index is 12.6. The Morgan fingerprint density at radius 3 is 2.23 bits per heavy atom. The first kappa shape index (κ1) is 21.0. The molecule has 0 aliphatic carbocycles. The SMILES string of the molecule is Cc1ccc(S(=O)(=O)Nc2ccc(C(=O)N(C)c3ccccc3)cc2)cc1[N+](=O)[O-]. The molecular weight excluding hydrogens is 406 g/mol. The molecule has 9 heteroatoms. The highest BCUT2D eigenvalue weighted by Gasteiger charge is 2.20. The molecule has 0 spiro atoms. The molecule has 3 rings (SSSR count). The fourth-order valence-electron chi connectivity index (χ4n) is 2.81. The van der Waals surface area contributed by atoms with Crippen LogP contribution < -0.4 is 9.62 Å². The molecule has 0 aliphatic rings. The number of rotatable bonds is 6. The van der Waals surface area contributed by atoms with E-state index >= 15 is 0 Å². The molecule has 0 saturated carbocycles. The number of sulfonamides is 1. The van der Waals surface area contributed by atoms with Crippen molar-refractivity contribution in [2.45, 2.75) is 11.8 Å². The van der Waals surface area contributed by atoms with Crippen LogP contribution >= 0.6 is 0 Å². The minimum Gasteiger partial charge on any atom is -0.311 e. The Labute approximate surface area is 174 Å². The molecule has 30 heavy (non-hydrogen) atoms. The van der Waals surface area contributed by atoms with Crippen molar-refractivity contribution in [3.63, 3.8) is 0 Å². The molecule has 0 atom stereocenters. The monoisotopic (exact) mass is 425 g/mol. The topological polar surface area (TPSA) is 110 Å². The van der Waals surface area contributed by atoms with Crippen LogP contribution in [0.1, 0.15) is 15.9 Å². The van der Waals surface area contributed by atoms with Crippen LogP contribution in [0, 0.1) is 17.0 Å². The summed E-state index contributed by atoms with van der Waals surface area (Å²) in [4.78, 5) is 24.3. The Kier molecular flexibility index (Phi) is 5.84. The number of carbonyl (C=O) groups is 1. The number of nitro groups is 1. The van der Waals surface area contributed by atoms with Crippen molar-refractivity contribution in [1.82, 2.24) is 0 Å². The fourth-order valence-corrected chi connectivity index (χ4v) is 3.89. The summed E-state index contributed by atoms with van der Waals surface area (Å²) >= 11 is 0. The van der Waals surface area contributed by atoms with E-state index < -0.39 is 14.9 Å². The first-order valence-electron chi connectivity index (χ1n) is 8.90. The number of nitrogens with one attached hydrogen (secondary N) is 1. The second-order valence-corrected chi connectivity index (χ2v) is 8.27. The van der Waals surface area contributed by atoms with Crippen molar-refractivity contribution in [2.75, 3.05) is 16.7 Å². The second kappa shape index (κ2) is 8.34. The fraction of sp³-hybridized carbons (Fsp3) is 0.0952. The number of carbonyl (C=O) groups excluding carboxylic acids is 1. The lowest BCUT2D eigenvalue weighted by atomic mass is 10.1. The normalized spacial score (nSPS) is 11.0. The molecular formula is C21H19N3O5S. The summed E-state index contributed by atoms with van der Waals surface area (Å²) in [5, 5.41) is 11.1. The lowest BCUT2D eigenvalue weighted by Gasteiger charge is -2.17. The minimum atomic E-state index is -4.03. The number of anilines is 2. The highest BCUT2D eigenvalue weighted by Crippen LogP contribution is 2.24. The molecule has 0 heterocycles. The Morgan fingerprint density at radius 2 is 1.63 bits per heavy atom. The molecule has 1 N–H and O–H groups in total.